The number of carboxylic acid groups (broad SMARTS) is 1. The molecule has 2 rings (SSSR count). The van der Waals surface area contributed by atoms with Gasteiger partial charge in [-0.1, -0.05) is 6.42 Å². The third-order valence-electron chi connectivity index (χ3n) is 4.09. The third kappa shape index (κ3) is 3.22. The van der Waals surface area contributed by atoms with Crippen LogP contribution < -0.4 is 5.73 Å². The van der Waals surface area contributed by atoms with Crippen molar-refractivity contribution in [2.24, 2.45) is 23.5 Å². The molecule has 0 saturated heterocycles. The van der Waals surface area contributed by atoms with Crippen molar-refractivity contribution in [1.82, 2.24) is 4.90 Å². The van der Waals surface area contributed by atoms with Crippen molar-refractivity contribution in [2.75, 3.05) is 19.6 Å². The van der Waals surface area contributed by atoms with Gasteiger partial charge in [0.1, 0.15) is 6.54 Å². The quantitative estimate of drug-likeness (QED) is 0.730. The molecule has 2 atom stereocenters. The summed E-state index contributed by atoms with van der Waals surface area (Å²) in [6.45, 7) is 0.975. The van der Waals surface area contributed by atoms with Crippen LogP contribution in [0.3, 0.4) is 0 Å². The molecule has 102 valence electrons. The molecule has 2 saturated carbocycles. The van der Waals surface area contributed by atoms with Gasteiger partial charge < -0.3 is 15.7 Å². The molecule has 2 unspecified atom stereocenters. The predicted octanol–water partition coefficient (Wildman–Crippen LogP) is 0.685. The van der Waals surface area contributed by atoms with Crippen LogP contribution >= 0.6 is 0 Å². The topological polar surface area (TPSA) is 83.6 Å². The fraction of sp³-hybridized carbons (Fsp3) is 0.846. The van der Waals surface area contributed by atoms with Crippen LogP contribution in [0.2, 0.25) is 0 Å². The normalized spacial score (nSPS) is 27.2. The Bertz CT molecular complexity index is 328. The van der Waals surface area contributed by atoms with Crippen molar-refractivity contribution < 1.29 is 14.7 Å². The number of amides is 1. The van der Waals surface area contributed by atoms with Crippen LogP contribution in [0.25, 0.3) is 0 Å². The second-order valence-electron chi connectivity index (χ2n) is 5.59. The first kappa shape index (κ1) is 13.3. The van der Waals surface area contributed by atoms with Crippen LogP contribution in [0.15, 0.2) is 0 Å². The van der Waals surface area contributed by atoms with Gasteiger partial charge >= 0.3 is 5.97 Å². The Morgan fingerprint density at radius 2 is 1.94 bits per heavy atom. The van der Waals surface area contributed by atoms with Crippen LogP contribution in [0.1, 0.15) is 32.1 Å². The first-order chi connectivity index (χ1) is 8.61. The second-order valence-corrected chi connectivity index (χ2v) is 5.59. The number of nitrogens with two attached hydrogens (primary N) is 1. The molecule has 0 bridgehead atoms. The maximum atomic E-state index is 12.4. The minimum absolute atomic E-state index is 0.0113. The van der Waals surface area contributed by atoms with Gasteiger partial charge in [-0.25, -0.2) is 0 Å². The zero-order valence-corrected chi connectivity index (χ0v) is 10.7. The number of hydrogen-bond donors (Lipinski definition) is 2. The van der Waals surface area contributed by atoms with Gasteiger partial charge in [0.05, 0.1) is 0 Å². The van der Waals surface area contributed by atoms with Gasteiger partial charge in [0.15, 0.2) is 0 Å². The van der Waals surface area contributed by atoms with E-state index in [9.17, 15) is 9.59 Å². The summed E-state index contributed by atoms with van der Waals surface area (Å²) >= 11 is 0. The minimum atomic E-state index is -0.925. The summed E-state index contributed by atoms with van der Waals surface area (Å²) in [5, 5.41) is 8.91. The van der Waals surface area contributed by atoms with E-state index >= 15 is 0 Å². The van der Waals surface area contributed by atoms with Crippen molar-refractivity contribution in [3.8, 4) is 0 Å². The molecule has 2 fully saturated rings. The van der Waals surface area contributed by atoms with Crippen LogP contribution in [0.5, 0.6) is 0 Å². The Labute approximate surface area is 107 Å². The monoisotopic (exact) mass is 254 g/mol. The Hall–Kier alpha value is -1.10. The fourth-order valence-electron chi connectivity index (χ4n) is 2.89. The Morgan fingerprint density at radius 1 is 1.22 bits per heavy atom. The highest BCUT2D eigenvalue weighted by Gasteiger charge is 2.37. The van der Waals surface area contributed by atoms with Crippen molar-refractivity contribution in [2.45, 2.75) is 32.1 Å². The van der Waals surface area contributed by atoms with E-state index in [0.717, 1.165) is 32.1 Å². The maximum Gasteiger partial charge on any atom is 0.323 e. The van der Waals surface area contributed by atoms with E-state index in [0.29, 0.717) is 19.0 Å². The van der Waals surface area contributed by atoms with Gasteiger partial charge in [0, 0.05) is 12.5 Å². The molecule has 2 aliphatic rings. The third-order valence-corrected chi connectivity index (χ3v) is 4.09. The average Bonchev–Trinajstić information content (AvgIpc) is 3.01. The van der Waals surface area contributed by atoms with Crippen molar-refractivity contribution in [3.05, 3.63) is 0 Å². The lowest BCUT2D eigenvalue weighted by Crippen LogP contribution is -2.42. The number of nitrogens with zero attached hydrogens (tertiary/aromatic N) is 1. The van der Waals surface area contributed by atoms with Crippen LogP contribution in [0, 0.1) is 17.8 Å². The van der Waals surface area contributed by atoms with E-state index in [2.05, 4.69) is 0 Å². The first-order valence-electron chi connectivity index (χ1n) is 6.82. The molecule has 0 aromatic heterocycles. The summed E-state index contributed by atoms with van der Waals surface area (Å²) < 4.78 is 0. The van der Waals surface area contributed by atoms with Crippen LogP contribution in [-0.2, 0) is 9.59 Å². The smallest absolute Gasteiger partial charge is 0.323 e. The number of hydrogen-bond acceptors (Lipinski definition) is 3. The summed E-state index contributed by atoms with van der Waals surface area (Å²) in [5.74, 6) is -0.198. The van der Waals surface area contributed by atoms with E-state index in [1.54, 1.807) is 4.90 Å². The lowest BCUT2D eigenvalue weighted by molar-refractivity contribution is -0.147. The molecule has 3 N–H and O–H groups in total. The van der Waals surface area contributed by atoms with Gasteiger partial charge in [0.25, 0.3) is 0 Å². The molecule has 2 aliphatic carbocycles. The highest BCUT2D eigenvalue weighted by atomic mass is 16.4. The van der Waals surface area contributed by atoms with Crippen LogP contribution in [0.4, 0.5) is 0 Å². The van der Waals surface area contributed by atoms with E-state index in [-0.39, 0.29) is 24.3 Å². The van der Waals surface area contributed by atoms with Crippen molar-refractivity contribution in [1.29, 1.82) is 0 Å². The lowest BCUT2D eigenvalue weighted by Gasteiger charge is -2.26. The summed E-state index contributed by atoms with van der Waals surface area (Å²) in [6.07, 6.45) is 5.13. The molecule has 0 aromatic carbocycles. The first-order valence-corrected chi connectivity index (χ1v) is 6.82. The van der Waals surface area contributed by atoms with E-state index in [1.165, 1.54) is 0 Å². The molecule has 18 heavy (non-hydrogen) atoms. The van der Waals surface area contributed by atoms with E-state index in [1.807, 2.05) is 0 Å². The van der Waals surface area contributed by atoms with Gasteiger partial charge in [-0.15, -0.1) is 0 Å². The molecule has 0 aromatic rings. The average molecular weight is 254 g/mol. The molecule has 1 amide bonds. The fourth-order valence-corrected chi connectivity index (χ4v) is 2.89. The Kier molecular flexibility index (Phi) is 4.22. The summed E-state index contributed by atoms with van der Waals surface area (Å²) in [5.41, 5.74) is 5.69. The molecule has 0 heterocycles. The molecule has 5 heteroatoms. The van der Waals surface area contributed by atoms with Crippen LogP contribution in [-0.4, -0.2) is 41.5 Å². The standard InChI is InChI=1S/C13H22N2O3/c14-6-10-2-1-3-11(10)13(18)15(8-12(16)17)7-9-4-5-9/h9-11H,1-8,14H2,(H,16,17). The Morgan fingerprint density at radius 3 is 2.50 bits per heavy atom. The van der Waals surface area contributed by atoms with Crippen molar-refractivity contribution >= 4 is 11.9 Å². The number of carbonyl (C=O) groups excluding carboxylic acids is 1. The molecular weight excluding hydrogens is 232 g/mol. The number of carboxylic acids is 1. The highest BCUT2D eigenvalue weighted by molar-refractivity contribution is 5.83. The second kappa shape index (κ2) is 5.69. The molecular formula is C13H22N2O3. The van der Waals surface area contributed by atoms with Gasteiger partial charge in [-0.3, -0.25) is 9.59 Å². The zero-order valence-electron chi connectivity index (χ0n) is 10.7. The highest BCUT2D eigenvalue weighted by Crippen LogP contribution is 2.34. The molecule has 0 spiro atoms. The number of aliphatic carboxylic acids is 1. The van der Waals surface area contributed by atoms with Gasteiger partial charge in [0.2, 0.25) is 5.91 Å². The summed E-state index contributed by atoms with van der Waals surface area (Å²) in [6, 6.07) is 0. The zero-order chi connectivity index (χ0) is 13.1. The predicted molar refractivity (Wildman–Crippen MR) is 66.8 cm³/mol. The Balaban J connectivity index is 1.98. The van der Waals surface area contributed by atoms with E-state index < -0.39 is 5.97 Å². The summed E-state index contributed by atoms with van der Waals surface area (Å²) in [4.78, 5) is 24.8. The maximum absolute atomic E-state index is 12.4. The van der Waals surface area contributed by atoms with Crippen molar-refractivity contribution in [3.63, 3.8) is 0 Å². The molecule has 0 aliphatic heterocycles. The lowest BCUT2D eigenvalue weighted by atomic mass is 9.94. The largest absolute Gasteiger partial charge is 0.480 e. The van der Waals surface area contributed by atoms with Gasteiger partial charge in [-0.05, 0) is 44.1 Å². The SMILES string of the molecule is NCC1CCCC1C(=O)N(CC(=O)O)CC1CC1. The minimum Gasteiger partial charge on any atom is -0.480 e. The number of rotatable bonds is 6. The number of carbonyl (C=O) groups is 2. The van der Waals surface area contributed by atoms with Gasteiger partial charge in [-0.2, -0.15) is 0 Å². The molecule has 0 radical (unpaired) electrons. The van der Waals surface area contributed by atoms with E-state index in [4.69, 9.17) is 10.8 Å². The summed E-state index contributed by atoms with van der Waals surface area (Å²) in [7, 11) is 0. The molecule has 5 nitrogen and oxygen atoms in total.